The molecule has 1 saturated heterocycles. The molecule has 3 heteroatoms. The molecule has 0 radical (unpaired) electrons. The number of benzene rings is 1. The number of aliphatic hydroxyl groups is 1. The van der Waals surface area contributed by atoms with Crippen LogP contribution in [-0.4, -0.2) is 37.0 Å². The highest BCUT2D eigenvalue weighted by Gasteiger charge is 2.29. The minimum Gasteiger partial charge on any atom is -0.388 e. The third-order valence-corrected chi connectivity index (χ3v) is 4.76. The van der Waals surface area contributed by atoms with Crippen LogP contribution < -0.4 is 5.32 Å². The first kappa shape index (κ1) is 14.1. The smallest absolute Gasteiger partial charge is 0.0815 e. The van der Waals surface area contributed by atoms with Crippen LogP contribution in [0, 0.1) is 0 Å². The molecule has 0 amide bonds. The van der Waals surface area contributed by atoms with Crippen molar-refractivity contribution in [3.05, 3.63) is 35.4 Å². The Morgan fingerprint density at radius 3 is 2.90 bits per heavy atom. The van der Waals surface area contributed by atoms with Crippen LogP contribution in [0.4, 0.5) is 0 Å². The molecule has 20 heavy (non-hydrogen) atoms. The summed E-state index contributed by atoms with van der Waals surface area (Å²) in [6.07, 6.45) is 5.25. The molecule has 1 aromatic rings. The fraction of sp³-hybridized carbons (Fsp3) is 0.647. The number of hydrogen-bond acceptors (Lipinski definition) is 3. The molecule has 0 spiro atoms. The van der Waals surface area contributed by atoms with Gasteiger partial charge >= 0.3 is 0 Å². The van der Waals surface area contributed by atoms with Gasteiger partial charge in [-0.05, 0) is 36.3 Å². The van der Waals surface area contributed by atoms with E-state index in [1.165, 1.54) is 30.4 Å². The highest BCUT2D eigenvalue weighted by molar-refractivity contribution is 5.32. The Balaban J connectivity index is 1.54. The maximum Gasteiger partial charge on any atom is 0.0815 e. The summed E-state index contributed by atoms with van der Waals surface area (Å²) in [5.74, 6) is 0.600. The molecule has 1 unspecified atom stereocenters. The first-order chi connectivity index (χ1) is 9.77. The summed E-state index contributed by atoms with van der Waals surface area (Å²) < 4.78 is 5.32. The van der Waals surface area contributed by atoms with Crippen molar-refractivity contribution in [3.63, 3.8) is 0 Å². The lowest BCUT2D eigenvalue weighted by molar-refractivity contribution is -0.0616. The first-order valence-electron chi connectivity index (χ1n) is 7.85. The Morgan fingerprint density at radius 1 is 1.25 bits per heavy atom. The lowest BCUT2D eigenvalue weighted by Gasteiger charge is -2.33. The predicted molar refractivity (Wildman–Crippen MR) is 80.0 cm³/mol. The molecule has 1 atom stereocenters. The maximum absolute atomic E-state index is 10.5. The number of rotatable bonds is 4. The van der Waals surface area contributed by atoms with E-state index in [0.717, 1.165) is 19.4 Å². The van der Waals surface area contributed by atoms with Gasteiger partial charge in [0.15, 0.2) is 0 Å². The summed E-state index contributed by atoms with van der Waals surface area (Å²) in [4.78, 5) is 0. The van der Waals surface area contributed by atoms with E-state index in [4.69, 9.17) is 4.74 Å². The van der Waals surface area contributed by atoms with Crippen LogP contribution in [0.2, 0.25) is 0 Å². The van der Waals surface area contributed by atoms with Gasteiger partial charge in [0.25, 0.3) is 0 Å². The number of hydrogen-bond donors (Lipinski definition) is 2. The van der Waals surface area contributed by atoms with Gasteiger partial charge in [-0.15, -0.1) is 0 Å². The number of fused-ring (bicyclic) bond motifs is 1. The summed E-state index contributed by atoms with van der Waals surface area (Å²) in [6, 6.07) is 8.81. The van der Waals surface area contributed by atoms with E-state index in [9.17, 15) is 5.11 Å². The quantitative estimate of drug-likeness (QED) is 0.885. The predicted octanol–water partition coefficient (Wildman–Crippen LogP) is 2.24. The highest BCUT2D eigenvalue weighted by Crippen LogP contribution is 2.31. The molecule has 110 valence electrons. The monoisotopic (exact) mass is 275 g/mol. The first-order valence-corrected chi connectivity index (χ1v) is 7.85. The molecule has 3 rings (SSSR count). The van der Waals surface area contributed by atoms with Crippen LogP contribution in [0.15, 0.2) is 24.3 Å². The molecule has 1 fully saturated rings. The van der Waals surface area contributed by atoms with Crippen molar-refractivity contribution in [3.8, 4) is 0 Å². The molecule has 0 aromatic heterocycles. The minimum atomic E-state index is -0.563. The Bertz CT molecular complexity index is 440. The van der Waals surface area contributed by atoms with Gasteiger partial charge in [0, 0.05) is 39.1 Å². The molecule has 0 saturated carbocycles. The van der Waals surface area contributed by atoms with E-state index in [-0.39, 0.29) is 0 Å². The number of nitrogens with one attached hydrogen (secondary N) is 1. The van der Waals surface area contributed by atoms with E-state index in [1.54, 1.807) is 0 Å². The third kappa shape index (κ3) is 3.22. The van der Waals surface area contributed by atoms with Crippen molar-refractivity contribution in [1.82, 2.24) is 5.32 Å². The van der Waals surface area contributed by atoms with E-state index in [0.29, 0.717) is 25.7 Å². The van der Waals surface area contributed by atoms with Crippen molar-refractivity contribution in [2.75, 3.05) is 26.3 Å². The average Bonchev–Trinajstić information content (AvgIpc) is 2.48. The Labute approximate surface area is 121 Å². The molecular formula is C17H25NO2. The normalized spacial score (nSPS) is 25.1. The van der Waals surface area contributed by atoms with Crippen molar-refractivity contribution < 1.29 is 9.84 Å². The van der Waals surface area contributed by atoms with E-state index >= 15 is 0 Å². The molecule has 3 nitrogen and oxygen atoms in total. The summed E-state index contributed by atoms with van der Waals surface area (Å²) >= 11 is 0. The standard InChI is InChI=1S/C17H25NO2/c19-17(8-10-20-11-9-17)13-18-12-15-6-3-5-14-4-1-2-7-16(14)15/h1-2,4,7,15,18-19H,3,5-6,8-13H2. The zero-order chi connectivity index (χ0) is 13.8. The topological polar surface area (TPSA) is 41.5 Å². The van der Waals surface area contributed by atoms with Gasteiger partial charge in [-0.25, -0.2) is 0 Å². The van der Waals surface area contributed by atoms with Gasteiger partial charge in [0.1, 0.15) is 0 Å². The second-order valence-corrected chi connectivity index (χ2v) is 6.26. The summed E-state index contributed by atoms with van der Waals surface area (Å²) in [5, 5.41) is 14.0. The molecular weight excluding hydrogens is 250 g/mol. The van der Waals surface area contributed by atoms with E-state index in [1.807, 2.05) is 0 Å². The van der Waals surface area contributed by atoms with Crippen LogP contribution >= 0.6 is 0 Å². The van der Waals surface area contributed by atoms with Crippen molar-refractivity contribution in [2.45, 2.75) is 43.6 Å². The second kappa shape index (κ2) is 6.25. The average molecular weight is 275 g/mol. The van der Waals surface area contributed by atoms with Gasteiger partial charge < -0.3 is 15.2 Å². The molecule has 1 aromatic carbocycles. The Hall–Kier alpha value is -0.900. The maximum atomic E-state index is 10.5. The second-order valence-electron chi connectivity index (χ2n) is 6.26. The zero-order valence-electron chi connectivity index (χ0n) is 12.1. The van der Waals surface area contributed by atoms with Crippen LogP contribution in [0.25, 0.3) is 0 Å². The van der Waals surface area contributed by atoms with Crippen LogP contribution in [0.5, 0.6) is 0 Å². The molecule has 1 aliphatic heterocycles. The lowest BCUT2D eigenvalue weighted by atomic mass is 9.82. The van der Waals surface area contributed by atoms with E-state index in [2.05, 4.69) is 29.6 Å². The molecule has 1 aliphatic carbocycles. The van der Waals surface area contributed by atoms with Crippen molar-refractivity contribution >= 4 is 0 Å². The zero-order valence-corrected chi connectivity index (χ0v) is 12.1. The fourth-order valence-corrected chi connectivity index (χ4v) is 3.47. The summed E-state index contributed by atoms with van der Waals surface area (Å²) in [6.45, 7) is 3.03. The third-order valence-electron chi connectivity index (χ3n) is 4.76. The lowest BCUT2D eigenvalue weighted by Crippen LogP contribution is -2.46. The van der Waals surface area contributed by atoms with Crippen LogP contribution in [0.1, 0.15) is 42.7 Å². The number of aryl methyl sites for hydroxylation is 1. The van der Waals surface area contributed by atoms with Crippen LogP contribution in [0.3, 0.4) is 0 Å². The summed E-state index contributed by atoms with van der Waals surface area (Å²) in [5.41, 5.74) is 2.45. The van der Waals surface area contributed by atoms with Crippen molar-refractivity contribution in [1.29, 1.82) is 0 Å². The molecule has 2 aliphatic rings. The summed E-state index contributed by atoms with van der Waals surface area (Å²) in [7, 11) is 0. The molecule has 1 heterocycles. The van der Waals surface area contributed by atoms with Gasteiger partial charge in [0.2, 0.25) is 0 Å². The van der Waals surface area contributed by atoms with Crippen LogP contribution in [-0.2, 0) is 11.2 Å². The molecule has 2 N–H and O–H groups in total. The Morgan fingerprint density at radius 2 is 2.05 bits per heavy atom. The number of ether oxygens (including phenoxy) is 1. The SMILES string of the molecule is OC1(CNCC2CCCc3ccccc32)CCOCC1. The Kier molecular flexibility index (Phi) is 4.39. The van der Waals surface area contributed by atoms with Crippen molar-refractivity contribution in [2.24, 2.45) is 0 Å². The minimum absolute atomic E-state index is 0.563. The largest absolute Gasteiger partial charge is 0.388 e. The van der Waals surface area contributed by atoms with Gasteiger partial charge in [0.05, 0.1) is 5.60 Å². The van der Waals surface area contributed by atoms with E-state index < -0.39 is 5.60 Å². The van der Waals surface area contributed by atoms with Gasteiger partial charge in [-0.1, -0.05) is 24.3 Å². The molecule has 0 bridgehead atoms. The highest BCUT2D eigenvalue weighted by atomic mass is 16.5. The van der Waals surface area contributed by atoms with Gasteiger partial charge in [-0.2, -0.15) is 0 Å². The fourth-order valence-electron chi connectivity index (χ4n) is 3.47. The van der Waals surface area contributed by atoms with Gasteiger partial charge in [-0.3, -0.25) is 0 Å².